The molecule has 0 aliphatic carbocycles. The third kappa shape index (κ3) is 3.26. The van der Waals surface area contributed by atoms with Gasteiger partial charge in [-0.15, -0.1) is 0 Å². The predicted molar refractivity (Wildman–Crippen MR) is 74.9 cm³/mol. The molecular formula is C13H23N3OS. The lowest BCUT2D eigenvalue weighted by Crippen LogP contribution is -2.31. The van der Waals surface area contributed by atoms with E-state index in [1.165, 1.54) is 18.6 Å². The molecule has 1 aromatic heterocycles. The summed E-state index contributed by atoms with van der Waals surface area (Å²) < 4.78 is 5.43. The Bertz CT molecular complexity index is 363. The first kappa shape index (κ1) is 13.9. The predicted octanol–water partition coefficient (Wildman–Crippen LogP) is 3.13. The minimum atomic E-state index is 0.268. The smallest absolute Gasteiger partial charge is 0.231 e. The van der Waals surface area contributed by atoms with Crippen molar-refractivity contribution in [3.63, 3.8) is 0 Å². The number of nitrogens with one attached hydrogen (secondary N) is 1. The average molecular weight is 269 g/mol. The van der Waals surface area contributed by atoms with Crippen molar-refractivity contribution in [3.8, 4) is 0 Å². The van der Waals surface area contributed by atoms with Crippen LogP contribution in [0.25, 0.3) is 0 Å². The lowest BCUT2D eigenvalue weighted by Gasteiger charge is -2.17. The highest BCUT2D eigenvalue weighted by Gasteiger charge is 2.26. The number of hydrogen-bond acceptors (Lipinski definition) is 5. The molecule has 1 aliphatic heterocycles. The molecule has 1 N–H and O–H groups in total. The number of aromatic nitrogens is 2. The molecule has 3 unspecified atom stereocenters. The van der Waals surface area contributed by atoms with Gasteiger partial charge in [0.15, 0.2) is 5.82 Å². The summed E-state index contributed by atoms with van der Waals surface area (Å²) in [5.74, 6) is 3.15. The summed E-state index contributed by atoms with van der Waals surface area (Å²) >= 11 is 1.94. The molecule has 0 bridgehead atoms. The van der Waals surface area contributed by atoms with Gasteiger partial charge < -0.3 is 9.84 Å². The lowest BCUT2D eigenvalue weighted by molar-refractivity contribution is 0.328. The Hall–Kier alpha value is -0.550. The van der Waals surface area contributed by atoms with E-state index in [4.69, 9.17) is 4.52 Å². The minimum absolute atomic E-state index is 0.268. The fraction of sp³-hybridized carbons (Fsp3) is 0.846. The average Bonchev–Trinajstić information content (AvgIpc) is 3.04. The van der Waals surface area contributed by atoms with Crippen LogP contribution in [0, 0.1) is 0 Å². The van der Waals surface area contributed by atoms with Crippen LogP contribution >= 0.6 is 11.8 Å². The molecule has 3 atom stereocenters. The zero-order valence-corrected chi connectivity index (χ0v) is 12.3. The standard InChI is InChI=1S/C13H23N3OS/c1-4-7-14-10(3)9(2)13-15-12(16-17-13)11-6-5-8-18-11/h9-11,14H,4-8H2,1-3H3. The van der Waals surface area contributed by atoms with Crippen molar-refractivity contribution in [2.45, 2.75) is 57.2 Å². The zero-order valence-electron chi connectivity index (χ0n) is 11.5. The summed E-state index contributed by atoms with van der Waals surface area (Å²) in [6.07, 6.45) is 3.59. The van der Waals surface area contributed by atoms with Gasteiger partial charge in [0, 0.05) is 6.04 Å². The topological polar surface area (TPSA) is 51.0 Å². The first-order valence-electron chi connectivity index (χ1n) is 6.90. The molecule has 2 heterocycles. The van der Waals surface area contributed by atoms with Gasteiger partial charge in [0.1, 0.15) is 0 Å². The maximum Gasteiger partial charge on any atom is 0.231 e. The molecule has 0 spiro atoms. The molecular weight excluding hydrogens is 246 g/mol. The SMILES string of the molecule is CCCNC(C)C(C)c1nc(C2CCCS2)no1. The summed E-state index contributed by atoms with van der Waals surface area (Å²) in [6, 6.07) is 0.370. The molecule has 2 rings (SSSR count). The van der Waals surface area contributed by atoms with Crippen LogP contribution < -0.4 is 5.32 Å². The van der Waals surface area contributed by atoms with Crippen molar-refractivity contribution in [2.75, 3.05) is 12.3 Å². The normalized spacial score (nSPS) is 23.2. The molecule has 0 saturated carbocycles. The van der Waals surface area contributed by atoms with Gasteiger partial charge in [-0.25, -0.2) is 0 Å². The van der Waals surface area contributed by atoms with Crippen molar-refractivity contribution in [1.82, 2.24) is 15.5 Å². The Morgan fingerprint density at radius 1 is 1.50 bits per heavy atom. The Kier molecular flexibility index (Phi) is 5.06. The van der Waals surface area contributed by atoms with Gasteiger partial charge in [-0.3, -0.25) is 0 Å². The van der Waals surface area contributed by atoms with Gasteiger partial charge in [-0.05, 0) is 38.5 Å². The van der Waals surface area contributed by atoms with Crippen LogP contribution in [0.2, 0.25) is 0 Å². The Labute approximate surface area is 113 Å². The van der Waals surface area contributed by atoms with Gasteiger partial charge in [0.05, 0.1) is 11.2 Å². The number of nitrogens with zero attached hydrogens (tertiary/aromatic N) is 2. The second-order valence-electron chi connectivity index (χ2n) is 5.02. The molecule has 1 saturated heterocycles. The molecule has 0 amide bonds. The summed E-state index contributed by atoms with van der Waals surface area (Å²) in [7, 11) is 0. The lowest BCUT2D eigenvalue weighted by atomic mass is 10.0. The van der Waals surface area contributed by atoms with Crippen molar-refractivity contribution >= 4 is 11.8 Å². The van der Waals surface area contributed by atoms with Crippen molar-refractivity contribution in [2.24, 2.45) is 0 Å². The van der Waals surface area contributed by atoms with Gasteiger partial charge in [-0.2, -0.15) is 16.7 Å². The molecule has 0 radical (unpaired) electrons. The van der Waals surface area contributed by atoms with E-state index in [0.717, 1.165) is 24.7 Å². The van der Waals surface area contributed by atoms with Crippen molar-refractivity contribution in [1.29, 1.82) is 0 Å². The van der Waals surface area contributed by atoms with E-state index in [0.29, 0.717) is 11.3 Å². The molecule has 1 aliphatic rings. The third-order valence-electron chi connectivity index (χ3n) is 3.53. The molecule has 0 aromatic carbocycles. The Morgan fingerprint density at radius 3 is 3.00 bits per heavy atom. The van der Waals surface area contributed by atoms with Gasteiger partial charge >= 0.3 is 0 Å². The van der Waals surface area contributed by atoms with Gasteiger partial charge in [0.25, 0.3) is 0 Å². The maximum absolute atomic E-state index is 5.43. The van der Waals surface area contributed by atoms with E-state index in [2.05, 4.69) is 36.2 Å². The van der Waals surface area contributed by atoms with Crippen LogP contribution in [0.1, 0.15) is 62.9 Å². The molecule has 5 heteroatoms. The first-order chi connectivity index (χ1) is 8.72. The second-order valence-corrected chi connectivity index (χ2v) is 6.33. The fourth-order valence-corrected chi connectivity index (χ4v) is 3.30. The van der Waals surface area contributed by atoms with Crippen LogP contribution in [-0.4, -0.2) is 28.5 Å². The molecule has 1 fully saturated rings. The summed E-state index contributed by atoms with van der Waals surface area (Å²) in [5, 5.41) is 8.08. The number of hydrogen-bond donors (Lipinski definition) is 1. The fourth-order valence-electron chi connectivity index (χ4n) is 2.11. The summed E-state index contributed by atoms with van der Waals surface area (Å²) in [6.45, 7) is 7.53. The molecule has 1 aromatic rings. The molecule has 102 valence electrons. The third-order valence-corrected chi connectivity index (χ3v) is 4.90. The minimum Gasteiger partial charge on any atom is -0.339 e. The second kappa shape index (κ2) is 6.57. The van der Waals surface area contributed by atoms with Crippen molar-refractivity contribution in [3.05, 3.63) is 11.7 Å². The van der Waals surface area contributed by atoms with Crippen LogP contribution in [0.5, 0.6) is 0 Å². The summed E-state index contributed by atoms with van der Waals surface area (Å²) in [5.41, 5.74) is 0. The highest BCUT2D eigenvalue weighted by molar-refractivity contribution is 7.99. The number of thioether (sulfide) groups is 1. The molecule has 4 nitrogen and oxygen atoms in total. The highest BCUT2D eigenvalue weighted by atomic mass is 32.2. The van der Waals surface area contributed by atoms with Crippen LogP contribution in [0.4, 0.5) is 0 Å². The molecule has 18 heavy (non-hydrogen) atoms. The summed E-state index contributed by atoms with van der Waals surface area (Å²) in [4.78, 5) is 4.58. The van der Waals surface area contributed by atoms with Gasteiger partial charge in [-0.1, -0.05) is 19.0 Å². The monoisotopic (exact) mass is 269 g/mol. The van der Waals surface area contributed by atoms with E-state index in [-0.39, 0.29) is 5.92 Å². The Morgan fingerprint density at radius 2 is 2.33 bits per heavy atom. The van der Waals surface area contributed by atoms with E-state index in [1.54, 1.807) is 0 Å². The number of rotatable bonds is 6. The largest absolute Gasteiger partial charge is 0.339 e. The quantitative estimate of drug-likeness (QED) is 0.860. The van der Waals surface area contributed by atoms with Crippen LogP contribution in [0.15, 0.2) is 4.52 Å². The first-order valence-corrected chi connectivity index (χ1v) is 7.95. The van der Waals surface area contributed by atoms with E-state index in [1.807, 2.05) is 11.8 Å². The van der Waals surface area contributed by atoms with Gasteiger partial charge in [0.2, 0.25) is 5.89 Å². The van der Waals surface area contributed by atoms with Crippen molar-refractivity contribution < 1.29 is 4.52 Å². The van der Waals surface area contributed by atoms with E-state index >= 15 is 0 Å². The highest BCUT2D eigenvalue weighted by Crippen LogP contribution is 2.38. The maximum atomic E-state index is 5.43. The van der Waals surface area contributed by atoms with Crippen LogP contribution in [0.3, 0.4) is 0 Å². The Balaban J connectivity index is 1.95. The zero-order chi connectivity index (χ0) is 13.0. The van der Waals surface area contributed by atoms with Crippen LogP contribution in [-0.2, 0) is 0 Å². The van der Waals surface area contributed by atoms with E-state index in [9.17, 15) is 0 Å². The van der Waals surface area contributed by atoms with E-state index < -0.39 is 0 Å².